The summed E-state index contributed by atoms with van der Waals surface area (Å²) in [4.78, 5) is 281. The number of para-hydroxylation sites is 2. The minimum Gasteiger partial charge on any atom is -0.508 e. The summed E-state index contributed by atoms with van der Waals surface area (Å²) in [6.45, 7) is 5.65. The number of hydrogen-bond donors (Lipinski definition) is 17. The largest absolute Gasteiger partial charge is 0.508 e. The molecule has 0 spiro atoms. The molecule has 5 aliphatic heterocycles. The smallest absolute Gasteiger partial charge is 0.323 e. The van der Waals surface area contributed by atoms with Crippen molar-refractivity contribution < 1.29 is 107 Å². The van der Waals surface area contributed by atoms with Gasteiger partial charge in [0.15, 0.2) is 5.78 Å². The van der Waals surface area contributed by atoms with Crippen LogP contribution in [0.15, 0.2) is 102 Å². The summed E-state index contributed by atoms with van der Waals surface area (Å²) in [6.07, 6.45) is 5.56. The number of carbonyl (C=O) groups excluding carboxylic acids is 16. The number of carboxylic acid groups (broad SMARTS) is 2. The Morgan fingerprint density at radius 3 is 1.78 bits per heavy atom. The van der Waals surface area contributed by atoms with Gasteiger partial charge in [0.1, 0.15) is 84.8 Å². The predicted octanol–water partition coefficient (Wildman–Crippen LogP) is 1.64. The third-order valence-corrected chi connectivity index (χ3v) is 27.8. The van der Waals surface area contributed by atoms with Crippen LogP contribution in [0.25, 0.3) is 21.8 Å². The number of nitrogens with zero attached hydrogens (tertiary/aromatic N) is 7. The van der Waals surface area contributed by atoms with Crippen molar-refractivity contribution in [2.75, 3.05) is 64.9 Å². The third-order valence-electron chi connectivity index (χ3n) is 26.8. The number of rotatable bonds is 31. The van der Waals surface area contributed by atoms with E-state index in [0.717, 1.165) is 21.6 Å². The number of thioether (sulfide) groups is 1. The van der Waals surface area contributed by atoms with E-state index < -0.39 is 241 Å². The second-order valence-corrected chi connectivity index (χ2v) is 39.1. The number of aromatic amines is 1. The van der Waals surface area contributed by atoms with Crippen LogP contribution in [0.5, 0.6) is 5.75 Å². The maximum absolute atomic E-state index is 16.2. The van der Waals surface area contributed by atoms with Gasteiger partial charge in [0.2, 0.25) is 88.6 Å². The van der Waals surface area contributed by atoms with Gasteiger partial charge in [-0.15, -0.1) is 11.8 Å². The lowest BCUT2D eigenvalue weighted by molar-refractivity contribution is -0.149. The molecule has 2 aromatic heterocycles. The number of likely N-dealkylation sites (N-methyl/N-ethyl adjacent to an activating group) is 2. The normalized spacial score (nSPS) is 25.0. The lowest BCUT2D eigenvalue weighted by atomic mass is 9.90. The highest BCUT2D eigenvalue weighted by molar-refractivity contribution is 8.00. The van der Waals surface area contributed by atoms with Crippen LogP contribution in [0.1, 0.15) is 192 Å². The van der Waals surface area contributed by atoms with Crippen LogP contribution in [0.4, 0.5) is 0 Å². The van der Waals surface area contributed by atoms with Crippen molar-refractivity contribution in [2.45, 2.75) is 286 Å². The number of H-pyrrole nitrogens is 1. The Hall–Kier alpha value is -13.2. The Kier molecular flexibility index (Phi) is 42.5. The van der Waals surface area contributed by atoms with Gasteiger partial charge in [-0.2, -0.15) is 0 Å². The number of aliphatic hydroxyl groups excluding tert-OH is 1. The highest BCUT2D eigenvalue weighted by Crippen LogP contribution is 2.32. The molecule has 4 fully saturated rings. The van der Waals surface area contributed by atoms with Gasteiger partial charge in [-0.05, 0) is 168 Å². The standard InChI is InChI=1S/C100H140N20O22S/c1-7-9-27-78-93(135)110-71(42-58(3)4)91(133)114-76(89(131)106-52-84(103)124)56-143-57-85(125)107-73(43-59-32-34-64(121)35-33-59)98(140)118-40-20-17-30-79(118)95(137)113-75(49-86(126)127)99(141)119-41-21-31-80(119)94(136)111-72(44-60-36-39-104-50-60)92(134)109-70(26-16-19-38-102)97(139)120-54-65(122)48-82(120)83(123)47-61(45-62-51-105-68-24-13-11-22-66(62)68)88(130)108-69(25-15-18-37-101)90(132)112-74(96(138)116(6)81(28-10-8-2)100(142)115(78)5)46-63-53-117(55-87(128)129)77-29-14-12-23-67(63)77/h11-14,22-24,29,32-35,39,50-51,53,58,61,65,69-76,78-82,105,121-122H,7-10,15-21,25-28,30-31,36-38,40-49,52,54-57,101-102H2,1-6H3,(H2,103,124)(H,106,131)(H,107,125)(H,108,130)(H,109,134)(H,110,135)(H,111,136)(H,112,132)(H,113,137)(H,114,133)(H,126,127)(H,128,129)/t61-,65-,69+,70+,71+,72+,73+,74+,75+,76+,78+,79-,80+,81+,82+/m1/s1. The number of carboxylic acids is 2. The second kappa shape index (κ2) is 54.3. The Morgan fingerprint density at radius 2 is 1.13 bits per heavy atom. The number of phenolic OH excluding ortho intramolecular Hbond substituents is 1. The van der Waals surface area contributed by atoms with Gasteiger partial charge in [-0.3, -0.25) is 91.3 Å². The quantitative estimate of drug-likeness (QED) is 0.0280. The van der Waals surface area contributed by atoms with Crippen molar-refractivity contribution in [1.29, 1.82) is 0 Å². The molecule has 15 amide bonds. The molecular weight excluding hydrogens is 1870 g/mol. The fraction of sp³-hybridized carbons (Fsp3) is 0.570. The summed E-state index contributed by atoms with van der Waals surface area (Å²) in [5.41, 5.74) is 20.7. The SMILES string of the molecule is CCCC[C@H]1C(=O)N(C)[C@@H](CCCC)C(=O)N[C@@H](CC(C)C)C(=O)N[C@H](C(=O)NCC(N)=O)CSCC(=O)N[C@@H](Cc2ccc(O)cc2)C(=O)N2CCCC[C@@H]2C(=O)N[C@@H](CC(=O)O)C(=O)N2CCC[C@H]2C(=O)N[C@@H](CC2=CN=CC2)C(=O)N[C@@H](CCCCN)C(=O)N2C[C@H](O)C[C@H]2C(=O)C[C@@H](Cc2c[nH]c3ccccc23)C(=O)N[C@@H](CCCCN)C(=O)N[C@@H](Cc2cn(CC(=O)O)c3ccccc23)C(=O)N1C. The number of piperidine rings is 1. The summed E-state index contributed by atoms with van der Waals surface area (Å²) >= 11 is 0.802. The molecule has 0 unspecified atom stereocenters. The number of hydrogen-bond acceptors (Lipinski definition) is 24. The number of fused-ring (bicyclic) bond motifs is 5. The second-order valence-electron chi connectivity index (χ2n) is 38.1. The van der Waals surface area contributed by atoms with Gasteiger partial charge in [-0.25, -0.2) is 0 Å². The summed E-state index contributed by atoms with van der Waals surface area (Å²) in [6, 6.07) is 0.124. The number of nitrogens with one attached hydrogen (secondary N) is 10. The summed E-state index contributed by atoms with van der Waals surface area (Å²) in [7, 11) is 2.74. The molecule has 5 aromatic rings. The molecule has 778 valence electrons. The minimum absolute atomic E-state index is 0.00722. The summed E-state index contributed by atoms with van der Waals surface area (Å²) in [5, 5.41) is 68.5. The molecule has 3 aromatic carbocycles. The first-order valence-electron chi connectivity index (χ1n) is 49.5. The molecule has 0 saturated carbocycles. The number of aliphatic imine (C=N–C) groups is 1. The average molecular weight is 2010 g/mol. The van der Waals surface area contributed by atoms with E-state index in [1.165, 1.54) is 70.0 Å². The van der Waals surface area contributed by atoms with E-state index in [0.29, 0.717) is 95.4 Å². The Balaban J connectivity index is 1.05. The molecule has 7 heterocycles. The first kappa shape index (κ1) is 112. The molecule has 0 radical (unpaired) electrons. The summed E-state index contributed by atoms with van der Waals surface area (Å²) < 4.78 is 1.46. The number of aliphatic hydroxyl groups is 1. The molecule has 0 bridgehead atoms. The molecule has 143 heavy (non-hydrogen) atoms. The van der Waals surface area contributed by atoms with E-state index in [1.807, 2.05) is 13.8 Å². The molecule has 15 atom stereocenters. The molecule has 10 rings (SSSR count). The van der Waals surface area contributed by atoms with E-state index in [4.69, 9.17) is 17.2 Å². The highest BCUT2D eigenvalue weighted by atomic mass is 32.2. The third kappa shape index (κ3) is 31.4. The van der Waals surface area contributed by atoms with Crippen LogP contribution in [-0.2, 0) is 112 Å². The molecular formula is C100H140N20O22S. The molecule has 5 aliphatic rings. The zero-order valence-corrected chi connectivity index (χ0v) is 82.9. The Morgan fingerprint density at radius 1 is 0.552 bits per heavy atom. The fourth-order valence-electron chi connectivity index (χ4n) is 19.2. The van der Waals surface area contributed by atoms with Gasteiger partial charge in [0.05, 0.1) is 30.9 Å². The number of aromatic nitrogens is 2. The Labute approximate surface area is 834 Å². The van der Waals surface area contributed by atoms with Gasteiger partial charge in [0.25, 0.3) is 0 Å². The van der Waals surface area contributed by atoms with E-state index >= 15 is 57.5 Å². The van der Waals surface area contributed by atoms with Crippen LogP contribution in [-0.4, -0.2) is 317 Å². The molecule has 43 heteroatoms. The zero-order valence-electron chi connectivity index (χ0n) is 82.1. The van der Waals surface area contributed by atoms with Crippen molar-refractivity contribution in [2.24, 2.45) is 34.0 Å². The maximum Gasteiger partial charge on any atom is 0.323 e. The van der Waals surface area contributed by atoms with Crippen molar-refractivity contribution in [3.05, 3.63) is 114 Å². The topological polar surface area (TPSA) is 624 Å². The van der Waals surface area contributed by atoms with E-state index in [2.05, 4.69) is 57.8 Å². The van der Waals surface area contributed by atoms with Gasteiger partial charge < -0.3 is 120 Å². The fourth-order valence-corrected chi connectivity index (χ4v) is 20.1. The number of Topliss-reactive ketones (excluding diaryl/α,β-unsaturated/α-hetero) is 1. The number of aliphatic carboxylic acids is 2. The average Bonchev–Trinajstić information content (AvgIpc) is 1.63. The van der Waals surface area contributed by atoms with E-state index in [-0.39, 0.29) is 141 Å². The van der Waals surface area contributed by atoms with Gasteiger partial charge >= 0.3 is 11.9 Å². The zero-order chi connectivity index (χ0) is 104. The van der Waals surface area contributed by atoms with Crippen molar-refractivity contribution in [3.63, 3.8) is 0 Å². The van der Waals surface area contributed by atoms with Crippen molar-refractivity contribution in [3.8, 4) is 5.75 Å². The molecule has 20 N–H and O–H groups in total. The molecule has 0 aliphatic carbocycles. The van der Waals surface area contributed by atoms with E-state index in [1.54, 1.807) is 74.8 Å². The van der Waals surface area contributed by atoms with Crippen molar-refractivity contribution >= 4 is 146 Å². The Bertz CT molecular complexity index is 5430. The van der Waals surface area contributed by atoms with Crippen LogP contribution >= 0.6 is 11.8 Å². The maximum atomic E-state index is 16.2. The van der Waals surface area contributed by atoms with Crippen LogP contribution < -0.4 is 65.1 Å². The van der Waals surface area contributed by atoms with E-state index in [9.17, 15) is 49.2 Å². The van der Waals surface area contributed by atoms with Gasteiger partial charge in [-0.1, -0.05) is 102 Å². The van der Waals surface area contributed by atoms with Crippen LogP contribution in [0.2, 0.25) is 0 Å². The number of amides is 15. The number of carbonyl (C=O) groups is 18. The van der Waals surface area contributed by atoms with Crippen LogP contribution in [0.3, 0.4) is 0 Å². The van der Waals surface area contributed by atoms with Crippen LogP contribution in [0, 0.1) is 11.8 Å². The number of aromatic hydroxyl groups is 1. The van der Waals surface area contributed by atoms with Crippen molar-refractivity contribution in [1.82, 2.24) is 81.9 Å². The number of ketones is 1. The molecule has 42 nitrogen and oxygen atoms in total. The first-order valence-corrected chi connectivity index (χ1v) is 50.7. The number of phenols is 1. The number of primary amides is 1. The lowest BCUT2D eigenvalue weighted by Gasteiger charge is -2.38. The first-order chi connectivity index (χ1) is 68.4. The monoisotopic (exact) mass is 2010 g/mol. The predicted molar refractivity (Wildman–Crippen MR) is 531 cm³/mol. The summed E-state index contributed by atoms with van der Waals surface area (Å²) in [5.74, 6) is -19.4. The lowest BCUT2D eigenvalue weighted by Crippen LogP contribution is -2.61. The molecule has 4 saturated heterocycles. The number of benzene rings is 3. The minimum atomic E-state index is -1.87. The number of unbranched alkanes of at least 4 members (excludes halogenated alkanes) is 4. The number of nitrogens with two attached hydrogens (primary N) is 3. The highest BCUT2D eigenvalue weighted by Gasteiger charge is 2.48. The van der Waals surface area contributed by atoms with Gasteiger partial charge in [0, 0.05) is 124 Å².